The van der Waals surface area contributed by atoms with Gasteiger partial charge in [0.2, 0.25) is 0 Å². The van der Waals surface area contributed by atoms with E-state index in [2.05, 4.69) is 18.6 Å². The normalized spacial score (nSPS) is 12.5. The SMILES string of the molecule is NS(=O)(=O)OC(=O)/C=C(/C(=O)OS(N)(=O)=O)c1ccccc1. The summed E-state index contributed by atoms with van der Waals surface area (Å²) in [5.74, 6) is -3.02. The highest BCUT2D eigenvalue weighted by atomic mass is 32.2. The Morgan fingerprint density at radius 3 is 1.86 bits per heavy atom. The predicted molar refractivity (Wildman–Crippen MR) is 72.8 cm³/mol. The second kappa shape index (κ2) is 6.65. The van der Waals surface area contributed by atoms with E-state index in [-0.39, 0.29) is 5.56 Å². The maximum absolute atomic E-state index is 11.7. The highest BCUT2D eigenvalue weighted by molar-refractivity contribution is 7.85. The van der Waals surface area contributed by atoms with Crippen LogP contribution in [0, 0.1) is 0 Å². The van der Waals surface area contributed by atoms with Crippen molar-refractivity contribution in [1.82, 2.24) is 0 Å². The van der Waals surface area contributed by atoms with Crippen LogP contribution in [0.25, 0.3) is 5.57 Å². The molecule has 0 amide bonds. The highest BCUT2D eigenvalue weighted by Crippen LogP contribution is 2.17. The van der Waals surface area contributed by atoms with Gasteiger partial charge >= 0.3 is 32.5 Å². The lowest BCUT2D eigenvalue weighted by molar-refractivity contribution is -0.130. The van der Waals surface area contributed by atoms with Crippen molar-refractivity contribution < 1.29 is 34.8 Å². The highest BCUT2D eigenvalue weighted by Gasteiger charge is 2.21. The van der Waals surface area contributed by atoms with Crippen molar-refractivity contribution in [3.63, 3.8) is 0 Å². The van der Waals surface area contributed by atoms with Crippen molar-refractivity contribution in [2.75, 3.05) is 0 Å². The van der Waals surface area contributed by atoms with Crippen LogP contribution in [0.5, 0.6) is 0 Å². The first-order chi connectivity index (χ1) is 9.98. The number of carbonyl (C=O) groups excluding carboxylic acids is 2. The number of benzene rings is 1. The van der Waals surface area contributed by atoms with Gasteiger partial charge in [-0.1, -0.05) is 30.3 Å². The van der Waals surface area contributed by atoms with Gasteiger partial charge in [-0.15, -0.1) is 0 Å². The summed E-state index contributed by atoms with van der Waals surface area (Å²) in [4.78, 5) is 23.1. The summed E-state index contributed by atoms with van der Waals surface area (Å²) >= 11 is 0. The molecule has 120 valence electrons. The lowest BCUT2D eigenvalue weighted by atomic mass is 10.1. The Bertz CT molecular complexity index is 812. The van der Waals surface area contributed by atoms with E-state index < -0.39 is 38.1 Å². The third kappa shape index (κ3) is 6.45. The summed E-state index contributed by atoms with van der Waals surface area (Å²) in [5.41, 5.74) is -0.536. The Balaban J connectivity index is 3.23. The number of carbonyl (C=O) groups is 2. The van der Waals surface area contributed by atoms with Gasteiger partial charge in [0.15, 0.2) is 0 Å². The molecular formula is C10H10N2O8S2. The first-order valence-electron chi connectivity index (χ1n) is 5.28. The van der Waals surface area contributed by atoms with E-state index in [0.717, 1.165) is 0 Å². The molecule has 1 aromatic carbocycles. The lowest BCUT2D eigenvalue weighted by Gasteiger charge is -2.06. The molecule has 10 nitrogen and oxygen atoms in total. The van der Waals surface area contributed by atoms with E-state index >= 15 is 0 Å². The average molecular weight is 350 g/mol. The fourth-order valence-electron chi connectivity index (χ4n) is 1.28. The van der Waals surface area contributed by atoms with E-state index in [1.54, 1.807) is 6.07 Å². The minimum absolute atomic E-state index is 0.0579. The maximum Gasteiger partial charge on any atom is 0.382 e. The Hall–Kier alpha value is -2.28. The van der Waals surface area contributed by atoms with Crippen LogP contribution in [0.4, 0.5) is 0 Å². The van der Waals surface area contributed by atoms with Crippen LogP contribution in [-0.2, 0) is 38.6 Å². The first-order valence-corrected chi connectivity index (χ1v) is 8.22. The molecular weight excluding hydrogens is 340 g/mol. The summed E-state index contributed by atoms with van der Waals surface area (Å²) in [6, 6.07) is 7.19. The van der Waals surface area contributed by atoms with E-state index in [4.69, 9.17) is 0 Å². The van der Waals surface area contributed by atoms with Gasteiger partial charge in [0, 0.05) is 6.08 Å². The molecule has 0 aromatic heterocycles. The number of nitrogens with two attached hydrogens (primary N) is 2. The lowest BCUT2D eigenvalue weighted by Crippen LogP contribution is -2.23. The first kappa shape index (κ1) is 17.8. The molecule has 0 fully saturated rings. The molecule has 4 N–H and O–H groups in total. The predicted octanol–water partition coefficient (Wildman–Crippen LogP) is -1.44. The Kier molecular flexibility index (Phi) is 5.38. The summed E-state index contributed by atoms with van der Waals surface area (Å²) in [7, 11) is -9.23. The molecule has 12 heteroatoms. The number of hydrogen-bond acceptors (Lipinski definition) is 8. The molecule has 0 spiro atoms. The smallest absolute Gasteiger partial charge is 0.330 e. The Morgan fingerprint density at radius 1 is 0.909 bits per heavy atom. The summed E-state index contributed by atoms with van der Waals surface area (Å²) in [5, 5.41) is 9.05. The van der Waals surface area contributed by atoms with Gasteiger partial charge in [-0.05, 0) is 5.56 Å². The van der Waals surface area contributed by atoms with Crippen molar-refractivity contribution in [2.45, 2.75) is 0 Å². The minimum Gasteiger partial charge on any atom is -0.330 e. The zero-order chi connectivity index (χ0) is 17.0. The topological polar surface area (TPSA) is 173 Å². The van der Waals surface area contributed by atoms with Crippen LogP contribution in [0.1, 0.15) is 5.56 Å². The molecule has 1 aromatic rings. The number of rotatable bonds is 5. The van der Waals surface area contributed by atoms with Crippen LogP contribution < -0.4 is 10.3 Å². The molecule has 0 heterocycles. The quantitative estimate of drug-likeness (QED) is 0.607. The molecule has 0 aliphatic carbocycles. The second-order valence-electron chi connectivity index (χ2n) is 3.68. The number of hydrogen-bond donors (Lipinski definition) is 2. The van der Waals surface area contributed by atoms with Gasteiger partial charge in [0.1, 0.15) is 0 Å². The van der Waals surface area contributed by atoms with Gasteiger partial charge in [-0.3, -0.25) is 0 Å². The molecule has 0 saturated carbocycles. The fourth-order valence-corrected chi connectivity index (χ4v) is 1.86. The largest absolute Gasteiger partial charge is 0.382 e. The Morgan fingerprint density at radius 2 is 1.41 bits per heavy atom. The zero-order valence-electron chi connectivity index (χ0n) is 10.7. The van der Waals surface area contributed by atoms with Crippen LogP contribution >= 0.6 is 0 Å². The monoisotopic (exact) mass is 350 g/mol. The molecule has 0 unspecified atom stereocenters. The van der Waals surface area contributed by atoms with Gasteiger partial charge in [-0.2, -0.15) is 27.1 Å². The molecule has 22 heavy (non-hydrogen) atoms. The maximum atomic E-state index is 11.7. The molecule has 0 saturated heterocycles. The van der Waals surface area contributed by atoms with Crippen LogP contribution in [0.15, 0.2) is 36.4 Å². The van der Waals surface area contributed by atoms with E-state index in [1.165, 1.54) is 24.3 Å². The van der Waals surface area contributed by atoms with Gasteiger partial charge in [0.05, 0.1) is 5.57 Å². The fraction of sp³-hybridized carbons (Fsp3) is 0. The van der Waals surface area contributed by atoms with Crippen molar-refractivity contribution in [3.8, 4) is 0 Å². The molecule has 0 bridgehead atoms. The van der Waals surface area contributed by atoms with Gasteiger partial charge < -0.3 is 8.37 Å². The zero-order valence-corrected chi connectivity index (χ0v) is 12.3. The van der Waals surface area contributed by atoms with Crippen molar-refractivity contribution in [1.29, 1.82) is 0 Å². The van der Waals surface area contributed by atoms with Crippen LogP contribution in [0.3, 0.4) is 0 Å². The van der Waals surface area contributed by atoms with Gasteiger partial charge in [-0.25, -0.2) is 9.59 Å². The van der Waals surface area contributed by atoms with Crippen molar-refractivity contribution in [2.24, 2.45) is 10.3 Å². The summed E-state index contributed by atoms with van der Waals surface area (Å²) < 4.78 is 50.6. The van der Waals surface area contributed by atoms with Crippen molar-refractivity contribution >= 4 is 38.1 Å². The van der Waals surface area contributed by atoms with Crippen LogP contribution in [0.2, 0.25) is 0 Å². The molecule has 0 atom stereocenters. The second-order valence-corrected chi connectivity index (χ2v) is 5.99. The average Bonchev–Trinajstić information content (AvgIpc) is 2.32. The summed E-state index contributed by atoms with van der Waals surface area (Å²) in [6.45, 7) is 0. The molecule has 0 aliphatic rings. The van der Waals surface area contributed by atoms with Crippen molar-refractivity contribution in [3.05, 3.63) is 42.0 Å². The molecule has 0 aliphatic heterocycles. The van der Waals surface area contributed by atoms with Crippen LogP contribution in [-0.4, -0.2) is 28.8 Å². The summed E-state index contributed by atoms with van der Waals surface area (Å²) in [6.07, 6.45) is 0.410. The van der Waals surface area contributed by atoms with E-state index in [1.807, 2.05) is 0 Å². The minimum atomic E-state index is -4.63. The van der Waals surface area contributed by atoms with Gasteiger partial charge in [0.25, 0.3) is 0 Å². The third-order valence-electron chi connectivity index (χ3n) is 1.96. The van der Waals surface area contributed by atoms with E-state index in [9.17, 15) is 26.4 Å². The third-order valence-corrected chi connectivity index (χ3v) is 2.74. The standard InChI is InChI=1S/C10H10N2O8S2/c11-21(15,16)19-9(13)6-8(7-4-2-1-3-5-7)10(14)20-22(12,17)18/h1-6H,(H2,11,15,16)(H2,12,17,18)/b8-6+. The molecule has 1 rings (SSSR count). The van der Waals surface area contributed by atoms with E-state index in [0.29, 0.717) is 6.08 Å². The molecule has 0 radical (unpaired) electrons. The Labute approximate surface area is 125 Å².